The number of anilines is 2. The highest BCUT2D eigenvalue weighted by molar-refractivity contribution is 6.00. The van der Waals surface area contributed by atoms with Crippen molar-refractivity contribution in [2.75, 3.05) is 36.9 Å². The van der Waals surface area contributed by atoms with Gasteiger partial charge in [0, 0.05) is 12.2 Å². The van der Waals surface area contributed by atoms with Crippen LogP contribution in [0.2, 0.25) is 0 Å². The summed E-state index contributed by atoms with van der Waals surface area (Å²) < 4.78 is 18.8. The number of benzene rings is 2. The minimum atomic E-state index is -0.574. The van der Waals surface area contributed by atoms with Crippen LogP contribution in [-0.4, -0.2) is 43.1 Å². The third-order valence-corrected chi connectivity index (χ3v) is 4.04. The second-order valence-electron chi connectivity index (χ2n) is 5.80. The molecule has 144 valence electrons. The van der Waals surface area contributed by atoms with Crippen LogP contribution < -0.4 is 10.6 Å². The van der Waals surface area contributed by atoms with Gasteiger partial charge in [0.15, 0.2) is 0 Å². The van der Waals surface area contributed by atoms with E-state index in [9.17, 15) is 14.0 Å². The predicted octanol–water partition coefficient (Wildman–Crippen LogP) is 3.97. The van der Waals surface area contributed by atoms with Crippen LogP contribution in [-0.2, 0) is 4.74 Å². The van der Waals surface area contributed by atoms with E-state index in [1.54, 1.807) is 30.3 Å². The Labute approximate surface area is 158 Å². The van der Waals surface area contributed by atoms with Gasteiger partial charge in [-0.2, -0.15) is 0 Å². The second kappa shape index (κ2) is 10.3. The summed E-state index contributed by atoms with van der Waals surface area (Å²) in [6.45, 7) is 6.94. The highest BCUT2D eigenvalue weighted by Crippen LogP contribution is 2.14. The molecule has 0 saturated heterocycles. The van der Waals surface area contributed by atoms with Gasteiger partial charge in [0.25, 0.3) is 0 Å². The lowest BCUT2D eigenvalue weighted by Crippen LogP contribution is -2.27. The lowest BCUT2D eigenvalue weighted by Gasteiger charge is -2.17. The zero-order valence-electron chi connectivity index (χ0n) is 15.5. The number of esters is 1. The lowest BCUT2D eigenvalue weighted by atomic mass is 10.2. The van der Waals surface area contributed by atoms with Gasteiger partial charge in [-0.1, -0.05) is 26.0 Å². The van der Waals surface area contributed by atoms with Gasteiger partial charge in [0.2, 0.25) is 0 Å². The van der Waals surface area contributed by atoms with Crippen molar-refractivity contribution in [2.45, 2.75) is 13.8 Å². The minimum Gasteiger partial charge on any atom is -0.461 e. The number of nitrogens with one attached hydrogen (secondary N) is 2. The number of rotatable bonds is 8. The van der Waals surface area contributed by atoms with Crippen LogP contribution in [0.1, 0.15) is 24.2 Å². The van der Waals surface area contributed by atoms with E-state index in [4.69, 9.17) is 4.74 Å². The first-order valence-electron chi connectivity index (χ1n) is 8.85. The number of para-hydroxylation sites is 1. The molecule has 2 amide bonds. The molecule has 0 unspecified atom stereocenters. The molecule has 2 aromatic carbocycles. The molecule has 0 aliphatic rings. The molecule has 0 atom stereocenters. The fourth-order valence-corrected chi connectivity index (χ4v) is 2.43. The number of likely N-dealkylation sites (N-methyl/N-ethyl adjacent to an activating group) is 1. The van der Waals surface area contributed by atoms with E-state index in [0.29, 0.717) is 24.4 Å². The zero-order valence-corrected chi connectivity index (χ0v) is 15.5. The van der Waals surface area contributed by atoms with Gasteiger partial charge >= 0.3 is 12.0 Å². The van der Waals surface area contributed by atoms with Crippen molar-refractivity contribution in [2.24, 2.45) is 0 Å². The van der Waals surface area contributed by atoms with Gasteiger partial charge in [-0.05, 0) is 49.5 Å². The maximum absolute atomic E-state index is 13.5. The Morgan fingerprint density at radius 3 is 2.30 bits per heavy atom. The average molecular weight is 373 g/mol. The summed E-state index contributed by atoms with van der Waals surface area (Å²) in [4.78, 5) is 26.1. The van der Waals surface area contributed by atoms with Crippen LogP contribution in [0, 0.1) is 5.82 Å². The first kappa shape index (κ1) is 20.4. The molecule has 6 nitrogen and oxygen atoms in total. The number of halogens is 1. The predicted molar refractivity (Wildman–Crippen MR) is 104 cm³/mol. The highest BCUT2D eigenvalue weighted by Gasteiger charge is 2.10. The molecule has 2 aromatic rings. The summed E-state index contributed by atoms with van der Waals surface area (Å²) in [7, 11) is 0. The fourth-order valence-electron chi connectivity index (χ4n) is 2.43. The standard InChI is InChI=1S/C20H24FN3O3/c1-3-24(4-2)13-14-27-19(25)15-9-11-16(12-10-15)22-20(26)23-18-8-6-5-7-17(18)21/h5-12H,3-4,13-14H2,1-2H3,(H2,22,23,26). The lowest BCUT2D eigenvalue weighted by molar-refractivity contribution is 0.0466. The van der Waals surface area contributed by atoms with Gasteiger partial charge < -0.3 is 20.3 Å². The Bertz CT molecular complexity index is 761. The van der Waals surface area contributed by atoms with E-state index in [0.717, 1.165) is 13.1 Å². The molecule has 0 heterocycles. The Morgan fingerprint density at radius 1 is 1.00 bits per heavy atom. The van der Waals surface area contributed by atoms with E-state index in [1.807, 2.05) is 0 Å². The van der Waals surface area contributed by atoms with Gasteiger partial charge in [-0.3, -0.25) is 0 Å². The zero-order chi connectivity index (χ0) is 19.6. The Morgan fingerprint density at radius 2 is 1.67 bits per heavy atom. The molecule has 2 N–H and O–H groups in total. The summed E-state index contributed by atoms with van der Waals surface area (Å²) >= 11 is 0. The van der Waals surface area contributed by atoms with Crippen LogP contribution in [0.5, 0.6) is 0 Å². The van der Waals surface area contributed by atoms with Crippen molar-refractivity contribution in [1.29, 1.82) is 0 Å². The summed E-state index contributed by atoms with van der Waals surface area (Å²) in [5.41, 5.74) is 0.960. The number of amides is 2. The molecule has 0 saturated carbocycles. The molecule has 0 fully saturated rings. The summed E-state index contributed by atoms with van der Waals surface area (Å²) in [6.07, 6.45) is 0. The van der Waals surface area contributed by atoms with Crippen LogP contribution in [0.3, 0.4) is 0 Å². The number of hydrogen-bond acceptors (Lipinski definition) is 4. The monoisotopic (exact) mass is 373 g/mol. The highest BCUT2D eigenvalue weighted by atomic mass is 19.1. The van der Waals surface area contributed by atoms with Crippen LogP contribution >= 0.6 is 0 Å². The number of carbonyl (C=O) groups is 2. The minimum absolute atomic E-state index is 0.0865. The van der Waals surface area contributed by atoms with E-state index >= 15 is 0 Å². The van der Waals surface area contributed by atoms with E-state index < -0.39 is 17.8 Å². The fraction of sp³-hybridized carbons (Fsp3) is 0.300. The quantitative estimate of drug-likeness (QED) is 0.687. The van der Waals surface area contributed by atoms with E-state index in [2.05, 4.69) is 29.4 Å². The maximum Gasteiger partial charge on any atom is 0.338 e. The topological polar surface area (TPSA) is 70.7 Å². The number of ether oxygens (including phenoxy) is 1. The van der Waals surface area contributed by atoms with Crippen molar-refractivity contribution < 1.29 is 18.7 Å². The Kier molecular flexibility index (Phi) is 7.76. The molecule has 0 aliphatic carbocycles. The molecule has 0 radical (unpaired) electrons. The molecule has 7 heteroatoms. The summed E-state index contributed by atoms with van der Waals surface area (Å²) in [5.74, 6) is -0.931. The number of carbonyl (C=O) groups excluding carboxylic acids is 2. The van der Waals surface area contributed by atoms with Gasteiger partial charge in [0.05, 0.1) is 11.3 Å². The maximum atomic E-state index is 13.5. The first-order valence-corrected chi connectivity index (χ1v) is 8.85. The van der Waals surface area contributed by atoms with Crippen molar-refractivity contribution in [3.8, 4) is 0 Å². The van der Waals surface area contributed by atoms with Crippen LogP contribution in [0.4, 0.5) is 20.6 Å². The molecule has 0 aliphatic heterocycles. The van der Waals surface area contributed by atoms with Crippen molar-refractivity contribution in [3.63, 3.8) is 0 Å². The smallest absolute Gasteiger partial charge is 0.338 e. The molecular weight excluding hydrogens is 349 g/mol. The Hall–Kier alpha value is -2.93. The summed E-state index contributed by atoms with van der Waals surface area (Å²) in [6, 6.07) is 11.6. The number of hydrogen-bond donors (Lipinski definition) is 2. The van der Waals surface area contributed by atoms with Crippen molar-refractivity contribution in [1.82, 2.24) is 4.90 Å². The van der Waals surface area contributed by atoms with Crippen molar-refractivity contribution in [3.05, 3.63) is 59.9 Å². The van der Waals surface area contributed by atoms with Gasteiger partial charge in [-0.25, -0.2) is 14.0 Å². The van der Waals surface area contributed by atoms with Crippen LogP contribution in [0.25, 0.3) is 0 Å². The van der Waals surface area contributed by atoms with Crippen LogP contribution in [0.15, 0.2) is 48.5 Å². The third kappa shape index (κ3) is 6.38. The second-order valence-corrected chi connectivity index (χ2v) is 5.80. The molecule has 27 heavy (non-hydrogen) atoms. The van der Waals surface area contributed by atoms with E-state index in [1.165, 1.54) is 18.2 Å². The molecule has 0 bridgehead atoms. The first-order chi connectivity index (χ1) is 13.0. The third-order valence-electron chi connectivity index (χ3n) is 4.04. The SMILES string of the molecule is CCN(CC)CCOC(=O)c1ccc(NC(=O)Nc2ccccc2F)cc1. The van der Waals surface area contributed by atoms with Gasteiger partial charge in [-0.15, -0.1) is 0 Å². The number of nitrogens with zero attached hydrogens (tertiary/aromatic N) is 1. The van der Waals surface area contributed by atoms with E-state index in [-0.39, 0.29) is 5.69 Å². The number of urea groups is 1. The molecule has 2 rings (SSSR count). The molecular formula is C20H24FN3O3. The van der Waals surface area contributed by atoms with Crippen molar-refractivity contribution >= 4 is 23.4 Å². The van der Waals surface area contributed by atoms with Gasteiger partial charge in [0.1, 0.15) is 12.4 Å². The largest absolute Gasteiger partial charge is 0.461 e. The Balaban J connectivity index is 1.84. The summed E-state index contributed by atoms with van der Waals surface area (Å²) in [5, 5.41) is 5.01. The molecule has 0 spiro atoms. The average Bonchev–Trinajstić information content (AvgIpc) is 2.67. The normalized spacial score (nSPS) is 10.5. The molecule has 0 aromatic heterocycles.